The Bertz CT molecular complexity index is 764. The highest BCUT2D eigenvalue weighted by molar-refractivity contribution is 6.34. The van der Waals surface area contributed by atoms with E-state index >= 15 is 0 Å². The number of carboxylic acid groups (broad SMARTS) is 1. The van der Waals surface area contributed by atoms with Crippen molar-refractivity contribution in [2.24, 2.45) is 0 Å². The third-order valence-electron chi connectivity index (χ3n) is 3.24. The quantitative estimate of drug-likeness (QED) is 0.725. The maximum atomic E-state index is 12.2. The monoisotopic (exact) mass is 385 g/mol. The molecule has 2 N–H and O–H groups in total. The number of aliphatic carboxylic acids is 1. The van der Waals surface area contributed by atoms with Gasteiger partial charge in [0, 0.05) is 30.3 Å². The van der Waals surface area contributed by atoms with Gasteiger partial charge in [-0.3, -0.25) is 14.3 Å². The number of aromatic nitrogens is 2. The SMILES string of the molecule is C[C@H](Oc1cc(Cl)ccc1Cl)C(=O)Nc1cnn(CCCC(=O)O)c1. The minimum atomic E-state index is -0.855. The Kier molecular flexibility index (Phi) is 6.66. The first kappa shape index (κ1) is 19.1. The molecule has 0 unspecified atom stereocenters. The van der Waals surface area contributed by atoms with E-state index in [0.29, 0.717) is 34.4 Å². The Hall–Kier alpha value is -2.25. The normalized spacial score (nSPS) is 11.8. The van der Waals surface area contributed by atoms with Gasteiger partial charge in [0.1, 0.15) is 5.75 Å². The molecule has 1 aromatic carbocycles. The van der Waals surface area contributed by atoms with Crippen LogP contribution in [0.3, 0.4) is 0 Å². The lowest BCUT2D eigenvalue weighted by Gasteiger charge is -2.15. The molecule has 0 radical (unpaired) electrons. The summed E-state index contributed by atoms with van der Waals surface area (Å²) in [6.45, 7) is 2.04. The lowest BCUT2D eigenvalue weighted by atomic mass is 10.3. The predicted octanol–water partition coefficient (Wildman–Crippen LogP) is 3.46. The van der Waals surface area contributed by atoms with Crippen LogP contribution in [0.4, 0.5) is 5.69 Å². The van der Waals surface area contributed by atoms with Crippen molar-refractivity contribution in [2.75, 3.05) is 5.32 Å². The second-order valence-corrected chi connectivity index (χ2v) is 6.16. The molecule has 1 atom stereocenters. The number of ether oxygens (including phenoxy) is 1. The van der Waals surface area contributed by atoms with Gasteiger partial charge in [-0.2, -0.15) is 5.10 Å². The van der Waals surface area contributed by atoms with Crippen LogP contribution in [0.15, 0.2) is 30.6 Å². The number of hydrogen-bond acceptors (Lipinski definition) is 4. The van der Waals surface area contributed by atoms with E-state index in [0.717, 1.165) is 0 Å². The van der Waals surface area contributed by atoms with Crippen molar-refractivity contribution >= 4 is 40.8 Å². The summed E-state index contributed by atoms with van der Waals surface area (Å²) in [6, 6.07) is 4.75. The number of aryl methyl sites for hydroxylation is 1. The Morgan fingerprint density at radius 1 is 1.40 bits per heavy atom. The van der Waals surface area contributed by atoms with E-state index in [1.807, 2.05) is 0 Å². The molecule has 1 heterocycles. The molecule has 0 fully saturated rings. The maximum absolute atomic E-state index is 12.2. The second kappa shape index (κ2) is 8.73. The molecular formula is C16H17Cl2N3O4. The number of carbonyl (C=O) groups is 2. The van der Waals surface area contributed by atoms with Crippen molar-refractivity contribution in [3.63, 3.8) is 0 Å². The third kappa shape index (κ3) is 5.95. The first-order valence-electron chi connectivity index (χ1n) is 7.52. The van der Waals surface area contributed by atoms with Crippen molar-refractivity contribution in [3.05, 3.63) is 40.6 Å². The summed E-state index contributed by atoms with van der Waals surface area (Å²) >= 11 is 11.9. The summed E-state index contributed by atoms with van der Waals surface area (Å²) in [5.41, 5.74) is 0.493. The van der Waals surface area contributed by atoms with E-state index in [-0.39, 0.29) is 12.3 Å². The Labute approximate surface area is 154 Å². The lowest BCUT2D eigenvalue weighted by Crippen LogP contribution is -2.30. The van der Waals surface area contributed by atoms with Crippen LogP contribution in [0, 0.1) is 0 Å². The van der Waals surface area contributed by atoms with Crippen LogP contribution in [0.1, 0.15) is 19.8 Å². The number of anilines is 1. The van der Waals surface area contributed by atoms with E-state index < -0.39 is 12.1 Å². The molecule has 0 aliphatic heterocycles. The summed E-state index contributed by atoms with van der Waals surface area (Å²) in [5.74, 6) is -0.909. The zero-order chi connectivity index (χ0) is 18.4. The smallest absolute Gasteiger partial charge is 0.303 e. The number of carboxylic acids is 1. The van der Waals surface area contributed by atoms with Gasteiger partial charge in [-0.05, 0) is 25.5 Å². The van der Waals surface area contributed by atoms with Gasteiger partial charge in [-0.1, -0.05) is 23.2 Å². The van der Waals surface area contributed by atoms with Crippen molar-refractivity contribution in [2.45, 2.75) is 32.4 Å². The Morgan fingerprint density at radius 2 is 2.16 bits per heavy atom. The standard InChI is InChI=1S/C16H17Cl2N3O4/c1-10(25-14-7-11(17)4-5-13(14)18)16(24)20-12-8-19-21(9-12)6-2-3-15(22)23/h4-5,7-10H,2-3,6H2,1H3,(H,20,24)(H,22,23)/t10-/m0/s1. The molecule has 0 saturated heterocycles. The summed E-state index contributed by atoms with van der Waals surface area (Å²) < 4.78 is 7.10. The van der Waals surface area contributed by atoms with Crippen LogP contribution >= 0.6 is 23.2 Å². The number of hydrogen-bond donors (Lipinski definition) is 2. The Balaban J connectivity index is 1.89. The van der Waals surface area contributed by atoms with Gasteiger partial charge < -0.3 is 15.2 Å². The number of carbonyl (C=O) groups excluding carboxylic acids is 1. The molecular weight excluding hydrogens is 369 g/mol. The minimum Gasteiger partial charge on any atom is -0.481 e. The van der Waals surface area contributed by atoms with E-state index in [1.165, 1.54) is 12.3 Å². The molecule has 2 aromatic rings. The average Bonchev–Trinajstić information content (AvgIpc) is 2.97. The van der Waals surface area contributed by atoms with Crippen LogP contribution < -0.4 is 10.1 Å². The van der Waals surface area contributed by atoms with Gasteiger partial charge in [0.05, 0.1) is 16.9 Å². The molecule has 9 heteroatoms. The van der Waals surface area contributed by atoms with E-state index in [2.05, 4.69) is 10.4 Å². The van der Waals surface area contributed by atoms with Crippen LogP contribution in [0.5, 0.6) is 5.75 Å². The van der Waals surface area contributed by atoms with Gasteiger partial charge in [0.15, 0.2) is 6.10 Å². The summed E-state index contributed by atoms with van der Waals surface area (Å²) in [6.07, 6.45) is 2.83. The average molecular weight is 386 g/mol. The van der Waals surface area contributed by atoms with Crippen LogP contribution in [0.25, 0.3) is 0 Å². The molecule has 25 heavy (non-hydrogen) atoms. The molecule has 1 aromatic heterocycles. The van der Waals surface area contributed by atoms with Crippen LogP contribution in [0.2, 0.25) is 10.0 Å². The van der Waals surface area contributed by atoms with Gasteiger partial charge in [-0.15, -0.1) is 0 Å². The van der Waals surface area contributed by atoms with Crippen molar-refractivity contribution in [1.82, 2.24) is 9.78 Å². The van der Waals surface area contributed by atoms with E-state index in [9.17, 15) is 9.59 Å². The molecule has 0 aliphatic rings. The van der Waals surface area contributed by atoms with Crippen molar-refractivity contribution < 1.29 is 19.4 Å². The van der Waals surface area contributed by atoms with Crippen LogP contribution in [-0.4, -0.2) is 32.9 Å². The predicted molar refractivity (Wildman–Crippen MR) is 94.3 cm³/mol. The molecule has 2 rings (SSSR count). The lowest BCUT2D eigenvalue weighted by molar-refractivity contribution is -0.137. The van der Waals surface area contributed by atoms with Crippen LogP contribution in [-0.2, 0) is 16.1 Å². The molecule has 0 saturated carbocycles. The number of benzene rings is 1. The fourth-order valence-electron chi connectivity index (χ4n) is 2.00. The zero-order valence-corrected chi connectivity index (χ0v) is 14.9. The van der Waals surface area contributed by atoms with Gasteiger partial charge in [0.25, 0.3) is 5.91 Å². The summed E-state index contributed by atoms with van der Waals surface area (Å²) in [7, 11) is 0. The first-order valence-corrected chi connectivity index (χ1v) is 8.27. The largest absolute Gasteiger partial charge is 0.481 e. The highest BCUT2D eigenvalue weighted by atomic mass is 35.5. The molecule has 0 spiro atoms. The number of rotatable bonds is 8. The number of halogens is 2. The molecule has 0 bridgehead atoms. The fourth-order valence-corrected chi connectivity index (χ4v) is 2.32. The molecule has 7 nitrogen and oxygen atoms in total. The Morgan fingerprint density at radius 3 is 2.88 bits per heavy atom. The van der Waals surface area contributed by atoms with E-state index in [1.54, 1.807) is 29.9 Å². The van der Waals surface area contributed by atoms with Crippen molar-refractivity contribution in [1.29, 1.82) is 0 Å². The first-order chi connectivity index (χ1) is 11.8. The summed E-state index contributed by atoms with van der Waals surface area (Å²) in [4.78, 5) is 22.7. The maximum Gasteiger partial charge on any atom is 0.303 e. The third-order valence-corrected chi connectivity index (χ3v) is 3.79. The van der Waals surface area contributed by atoms with Crippen molar-refractivity contribution in [3.8, 4) is 5.75 Å². The molecule has 1 amide bonds. The molecule has 0 aliphatic carbocycles. The number of nitrogens with zero attached hydrogens (tertiary/aromatic N) is 2. The zero-order valence-electron chi connectivity index (χ0n) is 13.4. The highest BCUT2D eigenvalue weighted by Crippen LogP contribution is 2.28. The fraction of sp³-hybridized carbons (Fsp3) is 0.312. The topological polar surface area (TPSA) is 93.5 Å². The van der Waals surface area contributed by atoms with Gasteiger partial charge in [-0.25, -0.2) is 0 Å². The number of amides is 1. The van der Waals surface area contributed by atoms with Gasteiger partial charge >= 0.3 is 5.97 Å². The summed E-state index contributed by atoms with van der Waals surface area (Å²) in [5, 5.41) is 16.2. The minimum absolute atomic E-state index is 0.0623. The van der Waals surface area contributed by atoms with Gasteiger partial charge in [0.2, 0.25) is 0 Å². The number of nitrogens with one attached hydrogen (secondary N) is 1. The highest BCUT2D eigenvalue weighted by Gasteiger charge is 2.17. The molecule has 134 valence electrons. The second-order valence-electron chi connectivity index (χ2n) is 5.31. The van der Waals surface area contributed by atoms with E-state index in [4.69, 9.17) is 33.0 Å².